The van der Waals surface area contributed by atoms with E-state index in [0.29, 0.717) is 11.7 Å². The predicted octanol–water partition coefficient (Wildman–Crippen LogP) is 0.0600. The van der Waals surface area contributed by atoms with Gasteiger partial charge in [-0.2, -0.15) is 0 Å². The van der Waals surface area contributed by atoms with Crippen molar-refractivity contribution in [2.24, 2.45) is 10.2 Å². The Labute approximate surface area is 38.5 Å². The number of nitrogens with zero attached hydrogens (tertiary/aromatic N) is 3. The highest BCUT2D eigenvalue weighted by Gasteiger charge is 2.26. The minimum absolute atomic E-state index is 0.375. The van der Waals surface area contributed by atoms with E-state index in [0.717, 1.165) is 0 Å². The third-order valence-electron chi connectivity index (χ3n) is 0.667. The average molecular weight is 98.0 g/mol. The topological polar surface area (TPSA) is 57.3 Å². The molecule has 0 bridgehead atoms. The van der Waals surface area contributed by atoms with Crippen LogP contribution in [0.25, 0.3) is 0 Å². The second-order valence-corrected chi connectivity index (χ2v) is 1.08. The lowest BCUT2D eigenvalue weighted by Crippen LogP contribution is -1.94. The maximum absolute atomic E-state index is 4.30. The zero-order valence-corrected chi connectivity index (χ0v) is 3.16. The van der Waals surface area contributed by atoms with E-state index < -0.39 is 0 Å². The molecule has 2 rings (SSSR count). The van der Waals surface area contributed by atoms with Crippen LogP contribution in [0.15, 0.2) is 21.9 Å². The average Bonchev–Trinajstić information content (AvgIpc) is 1.85. The Morgan fingerprint density at radius 2 is 2.29 bits per heavy atom. The molecule has 2 aliphatic heterocycles. The standard InChI is InChI=1S/C2N3O2/c3-1-2(4-3)6-7-5-1. The van der Waals surface area contributed by atoms with E-state index in [1.165, 1.54) is 0 Å². The Balaban J connectivity index is 2.31. The number of rotatable bonds is 0. The summed E-state index contributed by atoms with van der Waals surface area (Å²) >= 11 is 0. The van der Waals surface area contributed by atoms with Crippen LogP contribution in [0.3, 0.4) is 0 Å². The van der Waals surface area contributed by atoms with Gasteiger partial charge in [-0.25, -0.2) is 0 Å². The van der Waals surface area contributed by atoms with Crippen LogP contribution in [-0.2, 0) is 9.88 Å². The van der Waals surface area contributed by atoms with Crippen LogP contribution >= 0.6 is 0 Å². The summed E-state index contributed by atoms with van der Waals surface area (Å²) in [7, 11) is 0. The van der Waals surface area contributed by atoms with Crippen molar-refractivity contribution in [3.05, 3.63) is 11.7 Å². The van der Waals surface area contributed by atoms with E-state index in [-0.39, 0.29) is 0 Å². The number of hydrogen-bond acceptors (Lipinski definition) is 4. The van der Waals surface area contributed by atoms with Crippen LogP contribution < -0.4 is 5.48 Å². The maximum Gasteiger partial charge on any atom is 0.326 e. The number of azo groups is 1. The summed E-state index contributed by atoms with van der Waals surface area (Å²) in [6, 6.07) is 0. The molecule has 0 atom stereocenters. The molecule has 0 saturated heterocycles. The van der Waals surface area contributed by atoms with Crippen LogP contribution in [0.2, 0.25) is 0 Å². The lowest BCUT2D eigenvalue weighted by Gasteiger charge is -1.91. The van der Waals surface area contributed by atoms with Gasteiger partial charge in [0.15, 0.2) is 0 Å². The molecule has 2 heterocycles. The molecule has 0 amide bonds. The predicted molar refractivity (Wildman–Crippen MR) is 16.2 cm³/mol. The van der Waals surface area contributed by atoms with Crippen molar-refractivity contribution in [2.45, 2.75) is 0 Å². The van der Waals surface area contributed by atoms with Crippen LogP contribution in [0, 0.1) is 0 Å². The Morgan fingerprint density at radius 3 is 2.57 bits per heavy atom. The van der Waals surface area contributed by atoms with Gasteiger partial charge in [-0.3, -0.25) is 4.89 Å². The molecule has 1 radical (unpaired) electrons. The molecule has 0 N–H and O–H groups in total. The fraction of sp³-hybridized carbons (Fsp3) is 0. The molecule has 0 aromatic carbocycles. The van der Waals surface area contributed by atoms with Crippen LogP contribution in [0.1, 0.15) is 0 Å². The van der Waals surface area contributed by atoms with Crippen molar-refractivity contribution in [1.29, 1.82) is 0 Å². The molecule has 0 fully saturated rings. The van der Waals surface area contributed by atoms with Gasteiger partial charge in [-0.05, 0) is 4.99 Å². The van der Waals surface area contributed by atoms with Gasteiger partial charge < -0.3 is 0 Å². The Morgan fingerprint density at radius 1 is 1.29 bits per heavy atom. The van der Waals surface area contributed by atoms with E-state index in [4.69, 9.17) is 0 Å². The normalized spacial score (nSPS) is 22.9. The largest absolute Gasteiger partial charge is 0.326 e. The quantitative estimate of drug-likeness (QED) is 0.402. The first-order valence-corrected chi connectivity index (χ1v) is 1.67. The molecule has 35 valence electrons. The lowest BCUT2D eigenvalue weighted by atomic mass is 10.7. The molecule has 0 unspecified atom stereocenters. The second-order valence-electron chi connectivity index (χ2n) is 1.08. The first kappa shape index (κ1) is 2.98. The van der Waals surface area contributed by atoms with Crippen molar-refractivity contribution in [1.82, 2.24) is 5.48 Å². The van der Waals surface area contributed by atoms with Crippen LogP contribution in [0.4, 0.5) is 0 Å². The molecule has 5 heteroatoms. The van der Waals surface area contributed by atoms with Crippen molar-refractivity contribution in [3.63, 3.8) is 0 Å². The van der Waals surface area contributed by atoms with Crippen molar-refractivity contribution in [2.75, 3.05) is 0 Å². The molecule has 0 saturated carbocycles. The summed E-state index contributed by atoms with van der Waals surface area (Å²) in [5, 5.41) is 6.81. The number of hydrogen-bond donors (Lipinski definition) is 0. The maximum atomic E-state index is 4.30. The van der Waals surface area contributed by atoms with E-state index >= 15 is 0 Å². The SMILES string of the molecule is [N]1OOC2=C1N=N2. The lowest BCUT2D eigenvalue weighted by molar-refractivity contribution is -0.278. The van der Waals surface area contributed by atoms with Crippen molar-refractivity contribution in [3.8, 4) is 0 Å². The number of hydroxylamine groups is 1. The van der Waals surface area contributed by atoms with Crippen LogP contribution in [-0.4, -0.2) is 0 Å². The zero-order valence-electron chi connectivity index (χ0n) is 3.16. The van der Waals surface area contributed by atoms with Gasteiger partial charge in [0.05, 0.1) is 0 Å². The minimum Gasteiger partial charge on any atom is -0.286 e. The fourth-order valence-corrected chi connectivity index (χ4v) is 0.336. The molecule has 2 aliphatic rings. The van der Waals surface area contributed by atoms with Gasteiger partial charge in [0, 0.05) is 0 Å². The first-order chi connectivity index (χ1) is 3.47. The smallest absolute Gasteiger partial charge is 0.286 e. The summed E-state index contributed by atoms with van der Waals surface area (Å²) in [6.45, 7) is 0. The monoisotopic (exact) mass is 98.0 g/mol. The van der Waals surface area contributed by atoms with Gasteiger partial charge >= 0.3 is 5.88 Å². The molecule has 5 nitrogen and oxygen atoms in total. The Hall–Kier alpha value is -1.10. The molecule has 0 spiro atoms. The Kier molecular flexibility index (Phi) is 0.323. The highest BCUT2D eigenvalue weighted by molar-refractivity contribution is 5.08. The fourth-order valence-electron chi connectivity index (χ4n) is 0.336. The van der Waals surface area contributed by atoms with Gasteiger partial charge in [-0.1, -0.05) is 5.48 Å². The highest BCUT2D eigenvalue weighted by Crippen LogP contribution is 2.23. The molecular formula is C2N3O2. The third kappa shape index (κ3) is 0.213. The van der Waals surface area contributed by atoms with E-state index in [2.05, 4.69) is 25.6 Å². The van der Waals surface area contributed by atoms with Gasteiger partial charge in [0.2, 0.25) is 0 Å². The third-order valence-corrected chi connectivity index (χ3v) is 0.667. The van der Waals surface area contributed by atoms with E-state index in [1.54, 1.807) is 0 Å². The summed E-state index contributed by atoms with van der Waals surface area (Å²) < 4.78 is 0. The molecule has 0 aliphatic carbocycles. The van der Waals surface area contributed by atoms with Crippen molar-refractivity contribution >= 4 is 0 Å². The van der Waals surface area contributed by atoms with Gasteiger partial charge in [0.25, 0.3) is 5.82 Å². The molecule has 7 heavy (non-hydrogen) atoms. The summed E-state index contributed by atoms with van der Waals surface area (Å²) in [5.41, 5.74) is 3.30. The minimum atomic E-state index is 0.375. The van der Waals surface area contributed by atoms with Crippen molar-refractivity contribution < 1.29 is 9.88 Å². The van der Waals surface area contributed by atoms with E-state index in [9.17, 15) is 0 Å². The second kappa shape index (κ2) is 0.760. The molecule has 0 aromatic heterocycles. The molecular weight excluding hydrogens is 98.0 g/mol. The van der Waals surface area contributed by atoms with Gasteiger partial charge in [-0.15, -0.1) is 10.2 Å². The zero-order chi connectivity index (χ0) is 4.69. The highest BCUT2D eigenvalue weighted by atomic mass is 17.3. The summed E-state index contributed by atoms with van der Waals surface area (Å²) in [5.74, 6) is 0.819. The van der Waals surface area contributed by atoms with Crippen LogP contribution in [0.5, 0.6) is 0 Å². The summed E-state index contributed by atoms with van der Waals surface area (Å²) in [4.78, 5) is 8.40. The summed E-state index contributed by atoms with van der Waals surface area (Å²) in [6.07, 6.45) is 0. The van der Waals surface area contributed by atoms with E-state index in [1.807, 2.05) is 0 Å². The molecule has 0 aromatic rings. The first-order valence-electron chi connectivity index (χ1n) is 1.67. The Bertz CT molecular complexity index is 144. The van der Waals surface area contributed by atoms with Gasteiger partial charge in [0.1, 0.15) is 0 Å².